The Morgan fingerprint density at radius 2 is 1.77 bits per heavy atom. The molecule has 1 aromatic carbocycles. The molecule has 3 rings (SSSR count). The summed E-state index contributed by atoms with van der Waals surface area (Å²) in [5.74, 6) is 0.950. The summed E-state index contributed by atoms with van der Waals surface area (Å²) in [4.78, 5) is 2.32. The number of para-hydroxylation sites is 2. The second kappa shape index (κ2) is 15.6. The van der Waals surface area contributed by atoms with E-state index in [1.165, 1.54) is 24.1 Å². The van der Waals surface area contributed by atoms with E-state index in [1.807, 2.05) is 33.8 Å². The van der Waals surface area contributed by atoms with Crippen LogP contribution in [0, 0.1) is 0 Å². The van der Waals surface area contributed by atoms with E-state index < -0.39 is 0 Å². The fraction of sp³-hybridized carbons (Fsp3) is 0.481. The van der Waals surface area contributed by atoms with E-state index in [9.17, 15) is 0 Å². The molecule has 1 aliphatic carbocycles. The maximum Gasteiger partial charge on any atom is 0.143 e. The van der Waals surface area contributed by atoms with Crippen LogP contribution < -0.4 is 4.74 Å². The molecule has 3 nitrogen and oxygen atoms in total. The fourth-order valence-electron chi connectivity index (χ4n) is 3.38. The van der Waals surface area contributed by atoms with E-state index in [4.69, 9.17) is 4.74 Å². The van der Waals surface area contributed by atoms with Gasteiger partial charge in [0.25, 0.3) is 0 Å². The number of aromatic nitrogens is 1. The van der Waals surface area contributed by atoms with Crippen LogP contribution in [-0.4, -0.2) is 36.2 Å². The zero-order valence-corrected chi connectivity index (χ0v) is 20.0. The standard InChI is InChI=1S/C23H30N2O.2C2H6/c1-3-10-21-13-9-16-25(21)22-14-7-8-15-23(22)26-18-17-24(2)19-20-11-5-4-6-12-20;2*1-2/h5,7-9,11-16H,3-4,6,10,17-19H2,1-2H3;2*1-2H3. The first-order chi connectivity index (χ1) is 14.8. The van der Waals surface area contributed by atoms with Crippen LogP contribution in [0.3, 0.4) is 0 Å². The molecule has 1 aliphatic rings. The Bertz CT molecular complexity index is 758. The molecule has 0 saturated carbocycles. The summed E-state index contributed by atoms with van der Waals surface area (Å²) in [6.45, 7) is 12.8. The summed E-state index contributed by atoms with van der Waals surface area (Å²) in [7, 11) is 2.16. The van der Waals surface area contributed by atoms with Gasteiger partial charge in [0.05, 0.1) is 5.69 Å². The van der Waals surface area contributed by atoms with Gasteiger partial charge in [0.15, 0.2) is 0 Å². The molecule has 0 radical (unpaired) electrons. The molecule has 166 valence electrons. The molecule has 0 amide bonds. The van der Waals surface area contributed by atoms with Crippen molar-refractivity contribution < 1.29 is 4.74 Å². The molecular formula is C27H42N2O. The molecule has 0 bridgehead atoms. The summed E-state index contributed by atoms with van der Waals surface area (Å²) in [5.41, 5.74) is 3.87. The minimum Gasteiger partial charge on any atom is -0.490 e. The molecule has 0 saturated heterocycles. The van der Waals surface area contributed by atoms with Crippen LogP contribution in [0.15, 0.2) is 66.4 Å². The van der Waals surface area contributed by atoms with Crippen LogP contribution in [0.2, 0.25) is 0 Å². The Labute approximate surface area is 185 Å². The Morgan fingerprint density at radius 3 is 2.47 bits per heavy atom. The molecular weight excluding hydrogens is 368 g/mol. The van der Waals surface area contributed by atoms with Crippen molar-refractivity contribution in [1.82, 2.24) is 9.47 Å². The van der Waals surface area contributed by atoms with Crippen molar-refractivity contribution in [2.45, 2.75) is 60.3 Å². The molecule has 30 heavy (non-hydrogen) atoms. The predicted molar refractivity (Wildman–Crippen MR) is 132 cm³/mol. The molecule has 2 aromatic rings. The maximum atomic E-state index is 6.15. The summed E-state index contributed by atoms with van der Waals surface area (Å²) >= 11 is 0. The number of benzene rings is 1. The normalized spacial score (nSPS) is 12.4. The quantitative estimate of drug-likeness (QED) is 0.440. The summed E-state index contributed by atoms with van der Waals surface area (Å²) in [6.07, 6.45) is 13.5. The number of allylic oxidation sites excluding steroid dienone is 2. The minimum absolute atomic E-state index is 0.689. The summed E-state index contributed by atoms with van der Waals surface area (Å²) in [5, 5.41) is 0. The molecule has 0 unspecified atom stereocenters. The van der Waals surface area contributed by atoms with Crippen molar-refractivity contribution in [1.29, 1.82) is 0 Å². The van der Waals surface area contributed by atoms with Gasteiger partial charge in [-0.25, -0.2) is 0 Å². The molecule has 0 atom stereocenters. The lowest BCUT2D eigenvalue weighted by molar-refractivity contribution is 0.247. The number of hydrogen-bond acceptors (Lipinski definition) is 2. The highest BCUT2D eigenvalue weighted by atomic mass is 16.5. The van der Waals surface area contributed by atoms with Gasteiger partial charge in [-0.15, -0.1) is 0 Å². The Hall–Kier alpha value is -2.26. The van der Waals surface area contributed by atoms with Crippen LogP contribution in [0.25, 0.3) is 5.69 Å². The third-order valence-corrected chi connectivity index (χ3v) is 4.72. The highest BCUT2D eigenvalue weighted by Crippen LogP contribution is 2.25. The zero-order chi connectivity index (χ0) is 22.2. The lowest BCUT2D eigenvalue weighted by atomic mass is 10.1. The molecule has 3 heteroatoms. The van der Waals surface area contributed by atoms with E-state index in [1.54, 1.807) is 0 Å². The minimum atomic E-state index is 0.689. The molecule has 1 heterocycles. The average Bonchev–Trinajstić information content (AvgIpc) is 3.26. The number of hydrogen-bond donors (Lipinski definition) is 0. The van der Waals surface area contributed by atoms with Crippen LogP contribution in [-0.2, 0) is 6.42 Å². The largest absolute Gasteiger partial charge is 0.490 e. The lowest BCUT2D eigenvalue weighted by Gasteiger charge is -2.20. The first-order valence-corrected chi connectivity index (χ1v) is 11.7. The van der Waals surface area contributed by atoms with Crippen LogP contribution in [0.1, 0.15) is 59.6 Å². The van der Waals surface area contributed by atoms with Crippen molar-refractivity contribution in [3.05, 3.63) is 72.1 Å². The Balaban J connectivity index is 0.00000106. The first kappa shape index (κ1) is 25.8. The van der Waals surface area contributed by atoms with Crippen molar-refractivity contribution in [3.8, 4) is 11.4 Å². The molecule has 0 spiro atoms. The molecule has 0 fully saturated rings. The molecule has 1 aromatic heterocycles. The number of nitrogens with zero attached hydrogens (tertiary/aromatic N) is 2. The van der Waals surface area contributed by atoms with Gasteiger partial charge in [-0.05, 0) is 56.1 Å². The number of aryl methyl sites for hydroxylation is 1. The lowest BCUT2D eigenvalue weighted by Crippen LogP contribution is -2.26. The monoisotopic (exact) mass is 410 g/mol. The van der Waals surface area contributed by atoms with Crippen LogP contribution in [0.4, 0.5) is 0 Å². The SMILES string of the molecule is CC.CC.CCCc1cccn1-c1ccccc1OCCN(C)CC1=CCCC=C1. The zero-order valence-electron chi connectivity index (χ0n) is 20.0. The van der Waals surface area contributed by atoms with Gasteiger partial charge in [-0.3, -0.25) is 4.90 Å². The van der Waals surface area contributed by atoms with Gasteiger partial charge >= 0.3 is 0 Å². The van der Waals surface area contributed by atoms with E-state index >= 15 is 0 Å². The molecule has 0 N–H and O–H groups in total. The number of likely N-dealkylation sites (N-methyl/N-ethyl adjacent to an activating group) is 1. The third-order valence-electron chi connectivity index (χ3n) is 4.72. The maximum absolute atomic E-state index is 6.15. The smallest absolute Gasteiger partial charge is 0.143 e. The van der Waals surface area contributed by atoms with Crippen molar-refractivity contribution in [3.63, 3.8) is 0 Å². The average molecular weight is 411 g/mol. The van der Waals surface area contributed by atoms with Gasteiger partial charge in [-0.2, -0.15) is 0 Å². The van der Waals surface area contributed by atoms with E-state index in [2.05, 4.69) is 78.2 Å². The van der Waals surface area contributed by atoms with Gasteiger partial charge < -0.3 is 9.30 Å². The summed E-state index contributed by atoms with van der Waals surface area (Å²) in [6, 6.07) is 12.6. The van der Waals surface area contributed by atoms with E-state index in [0.717, 1.165) is 37.4 Å². The van der Waals surface area contributed by atoms with Crippen molar-refractivity contribution >= 4 is 0 Å². The van der Waals surface area contributed by atoms with Gasteiger partial charge in [0, 0.05) is 25.0 Å². The topological polar surface area (TPSA) is 17.4 Å². The predicted octanol–water partition coefficient (Wildman–Crippen LogP) is 7.07. The van der Waals surface area contributed by atoms with Crippen LogP contribution >= 0.6 is 0 Å². The second-order valence-electron chi connectivity index (χ2n) is 6.93. The van der Waals surface area contributed by atoms with Crippen molar-refractivity contribution in [2.24, 2.45) is 0 Å². The third kappa shape index (κ3) is 8.23. The van der Waals surface area contributed by atoms with Crippen LogP contribution in [0.5, 0.6) is 5.75 Å². The van der Waals surface area contributed by atoms with Gasteiger partial charge in [-0.1, -0.05) is 71.4 Å². The second-order valence-corrected chi connectivity index (χ2v) is 6.93. The highest BCUT2D eigenvalue weighted by Gasteiger charge is 2.09. The molecule has 0 aliphatic heterocycles. The Kier molecular flexibility index (Phi) is 13.4. The first-order valence-electron chi connectivity index (χ1n) is 11.7. The van der Waals surface area contributed by atoms with Gasteiger partial charge in [0.1, 0.15) is 12.4 Å². The number of rotatable bonds is 9. The van der Waals surface area contributed by atoms with Crippen molar-refractivity contribution in [2.75, 3.05) is 26.7 Å². The fourth-order valence-corrected chi connectivity index (χ4v) is 3.38. The Morgan fingerprint density at radius 1 is 1.00 bits per heavy atom. The van der Waals surface area contributed by atoms with Gasteiger partial charge in [0.2, 0.25) is 0 Å². The highest BCUT2D eigenvalue weighted by molar-refractivity contribution is 5.48. The number of ether oxygens (including phenoxy) is 1. The summed E-state index contributed by atoms with van der Waals surface area (Å²) < 4.78 is 8.40. The van der Waals surface area contributed by atoms with E-state index in [-0.39, 0.29) is 0 Å². The van der Waals surface area contributed by atoms with E-state index in [0.29, 0.717) is 6.61 Å².